The van der Waals surface area contributed by atoms with E-state index in [0.717, 1.165) is 0 Å². The van der Waals surface area contributed by atoms with Gasteiger partial charge in [-0.1, -0.05) is 18.7 Å². The van der Waals surface area contributed by atoms with Crippen molar-refractivity contribution in [1.29, 1.82) is 0 Å². The van der Waals surface area contributed by atoms with E-state index in [4.69, 9.17) is 0 Å². The summed E-state index contributed by atoms with van der Waals surface area (Å²) < 4.78 is 0. The number of rotatable bonds is 1. The largest absolute Gasteiger partial charge is 0.136 e. The zero-order valence-electron chi connectivity index (χ0n) is 7.26. The topological polar surface area (TPSA) is 0 Å². The lowest BCUT2D eigenvalue weighted by molar-refractivity contribution is 0.983. The molecule has 0 N–H and O–H groups in total. The predicted molar refractivity (Wildman–Crippen MR) is 56.5 cm³/mol. The minimum Gasteiger partial charge on any atom is -0.136 e. The fraction of sp³-hybridized carbons (Fsp3) is 0.273. The Morgan fingerprint density at radius 1 is 1.58 bits per heavy atom. The van der Waals surface area contributed by atoms with Crippen molar-refractivity contribution in [2.45, 2.75) is 19.8 Å². The second kappa shape index (κ2) is 2.91. The molecule has 1 heterocycles. The predicted octanol–water partition coefficient (Wildman–Crippen LogP) is 3.66. The molecule has 1 aromatic rings. The quantitative estimate of drug-likeness (QED) is 0.612. The highest BCUT2D eigenvalue weighted by Crippen LogP contribution is 2.33. The van der Waals surface area contributed by atoms with Crippen LogP contribution in [0.25, 0.3) is 12.2 Å². The monoisotopic (exact) mass is 176 g/mol. The number of hydrogen-bond acceptors (Lipinski definition) is 1. The molecule has 62 valence electrons. The second-order valence-corrected chi connectivity index (χ2v) is 4.16. The van der Waals surface area contributed by atoms with E-state index in [2.05, 4.69) is 25.7 Å². The molecular formula is C11H12S. The molecule has 1 heteroatoms. The molecule has 2 rings (SSSR count). The van der Waals surface area contributed by atoms with Crippen LogP contribution in [0, 0.1) is 6.92 Å². The molecule has 0 unspecified atom stereocenters. The van der Waals surface area contributed by atoms with Crippen LogP contribution in [0.1, 0.15) is 27.3 Å². The number of allylic oxidation sites excluding steroid dienone is 1. The normalized spacial score (nSPS) is 14.4. The summed E-state index contributed by atoms with van der Waals surface area (Å²) in [6.45, 7) is 6.02. The van der Waals surface area contributed by atoms with Crippen molar-refractivity contribution in [1.82, 2.24) is 0 Å². The lowest BCUT2D eigenvalue weighted by atomic mass is 10.0. The molecule has 0 fully saturated rings. The molecule has 0 aromatic carbocycles. The van der Waals surface area contributed by atoms with Crippen LogP contribution in [0.4, 0.5) is 0 Å². The van der Waals surface area contributed by atoms with Gasteiger partial charge in [0, 0.05) is 9.75 Å². The Balaban J connectivity index is 2.60. The van der Waals surface area contributed by atoms with Gasteiger partial charge in [-0.3, -0.25) is 0 Å². The minimum atomic E-state index is 1.20. The van der Waals surface area contributed by atoms with Crippen LogP contribution in [0.15, 0.2) is 12.7 Å². The van der Waals surface area contributed by atoms with Crippen LogP contribution in [0.5, 0.6) is 0 Å². The van der Waals surface area contributed by atoms with Crippen molar-refractivity contribution in [2.75, 3.05) is 0 Å². The Morgan fingerprint density at radius 3 is 3.08 bits per heavy atom. The first-order valence-electron chi connectivity index (χ1n) is 4.24. The van der Waals surface area contributed by atoms with E-state index in [0.29, 0.717) is 0 Å². The Labute approximate surface area is 77.2 Å². The van der Waals surface area contributed by atoms with Crippen LogP contribution in [-0.2, 0) is 6.42 Å². The molecule has 0 aliphatic heterocycles. The fourth-order valence-electron chi connectivity index (χ4n) is 1.65. The van der Waals surface area contributed by atoms with Crippen molar-refractivity contribution in [2.24, 2.45) is 0 Å². The van der Waals surface area contributed by atoms with Crippen molar-refractivity contribution >= 4 is 23.5 Å². The second-order valence-electron chi connectivity index (χ2n) is 3.08. The van der Waals surface area contributed by atoms with Crippen LogP contribution in [0.2, 0.25) is 0 Å². The maximum Gasteiger partial charge on any atom is 0.0308 e. The zero-order chi connectivity index (χ0) is 8.55. The van der Waals surface area contributed by atoms with Crippen molar-refractivity contribution in [3.63, 3.8) is 0 Å². The van der Waals surface area contributed by atoms with Crippen molar-refractivity contribution in [3.05, 3.63) is 33.5 Å². The van der Waals surface area contributed by atoms with Gasteiger partial charge in [0.15, 0.2) is 0 Å². The third-order valence-electron chi connectivity index (χ3n) is 2.36. The molecule has 0 saturated heterocycles. The summed E-state index contributed by atoms with van der Waals surface area (Å²) in [6, 6.07) is 0. The van der Waals surface area contributed by atoms with Crippen molar-refractivity contribution in [3.8, 4) is 0 Å². The van der Waals surface area contributed by atoms with Crippen LogP contribution in [0.3, 0.4) is 0 Å². The summed E-state index contributed by atoms with van der Waals surface area (Å²) >= 11 is 1.86. The first-order valence-corrected chi connectivity index (χ1v) is 5.06. The van der Waals surface area contributed by atoms with Gasteiger partial charge in [0.05, 0.1) is 0 Å². The minimum absolute atomic E-state index is 1.20. The Kier molecular flexibility index (Phi) is 1.89. The number of hydrogen-bond donors (Lipinski definition) is 0. The molecule has 1 aromatic heterocycles. The summed E-state index contributed by atoms with van der Waals surface area (Å²) in [6.07, 6.45) is 8.87. The maximum atomic E-state index is 3.82. The van der Waals surface area contributed by atoms with Gasteiger partial charge in [-0.2, -0.15) is 0 Å². The average molecular weight is 176 g/mol. The lowest BCUT2D eigenvalue weighted by Crippen LogP contribution is -1.90. The Morgan fingerprint density at radius 2 is 2.42 bits per heavy atom. The summed E-state index contributed by atoms with van der Waals surface area (Å²) in [7, 11) is 0. The third-order valence-corrected chi connectivity index (χ3v) is 3.65. The van der Waals surface area contributed by atoms with E-state index in [1.165, 1.54) is 33.7 Å². The van der Waals surface area contributed by atoms with Gasteiger partial charge in [0.2, 0.25) is 0 Å². The highest BCUT2D eigenvalue weighted by molar-refractivity contribution is 7.14. The van der Waals surface area contributed by atoms with E-state index < -0.39 is 0 Å². The maximum absolute atomic E-state index is 3.82. The van der Waals surface area contributed by atoms with E-state index in [1.54, 1.807) is 0 Å². The summed E-state index contributed by atoms with van der Waals surface area (Å²) in [5, 5.41) is 0. The smallest absolute Gasteiger partial charge is 0.0308 e. The molecule has 0 amide bonds. The number of fused-ring (bicyclic) bond motifs is 1. The van der Waals surface area contributed by atoms with Gasteiger partial charge < -0.3 is 0 Å². The molecule has 0 atom stereocenters. The first kappa shape index (κ1) is 7.81. The standard InChI is InChI=1S/C11H12S/c1-3-10-8(2)9-6-4-5-7-11(9)12-10/h3,5,7H,1,4,6H2,2H3. The van der Waals surface area contributed by atoms with E-state index in [9.17, 15) is 0 Å². The van der Waals surface area contributed by atoms with Crippen LogP contribution >= 0.6 is 11.3 Å². The van der Waals surface area contributed by atoms with Gasteiger partial charge in [-0.05, 0) is 37.0 Å². The molecule has 0 spiro atoms. The SMILES string of the molecule is C=Cc1sc2c(c1C)CCC=C2. The van der Waals surface area contributed by atoms with Crippen molar-refractivity contribution < 1.29 is 0 Å². The van der Waals surface area contributed by atoms with Crippen LogP contribution < -0.4 is 0 Å². The molecular weight excluding hydrogens is 164 g/mol. The Hall–Kier alpha value is -0.820. The molecule has 0 saturated carbocycles. The van der Waals surface area contributed by atoms with E-state index in [1.807, 2.05) is 17.4 Å². The van der Waals surface area contributed by atoms with Crippen LogP contribution in [-0.4, -0.2) is 0 Å². The average Bonchev–Trinajstić information content (AvgIpc) is 2.44. The van der Waals surface area contributed by atoms with E-state index in [-0.39, 0.29) is 0 Å². The summed E-state index contributed by atoms with van der Waals surface area (Å²) in [4.78, 5) is 2.78. The molecule has 0 bridgehead atoms. The molecule has 0 radical (unpaired) electrons. The first-order chi connectivity index (χ1) is 5.83. The van der Waals surface area contributed by atoms with Gasteiger partial charge in [-0.25, -0.2) is 0 Å². The van der Waals surface area contributed by atoms with E-state index >= 15 is 0 Å². The molecule has 1 aliphatic carbocycles. The lowest BCUT2D eigenvalue weighted by Gasteiger charge is -2.04. The highest BCUT2D eigenvalue weighted by atomic mass is 32.1. The Bertz CT molecular complexity index is 342. The molecule has 0 nitrogen and oxygen atoms in total. The summed E-state index contributed by atoms with van der Waals surface area (Å²) in [5.41, 5.74) is 2.98. The number of thiophene rings is 1. The third kappa shape index (κ3) is 1.05. The fourth-order valence-corrected chi connectivity index (χ4v) is 2.79. The van der Waals surface area contributed by atoms with Gasteiger partial charge >= 0.3 is 0 Å². The highest BCUT2D eigenvalue weighted by Gasteiger charge is 2.12. The van der Waals surface area contributed by atoms with Gasteiger partial charge in [0.1, 0.15) is 0 Å². The summed E-state index contributed by atoms with van der Waals surface area (Å²) in [5.74, 6) is 0. The van der Waals surface area contributed by atoms with Gasteiger partial charge in [-0.15, -0.1) is 11.3 Å². The molecule has 1 aliphatic rings. The zero-order valence-corrected chi connectivity index (χ0v) is 8.08. The molecule has 12 heavy (non-hydrogen) atoms. The van der Waals surface area contributed by atoms with Gasteiger partial charge in [0.25, 0.3) is 0 Å².